The molecule has 0 bridgehead atoms. The summed E-state index contributed by atoms with van der Waals surface area (Å²) in [6.07, 6.45) is 1.80. The van der Waals surface area contributed by atoms with Crippen molar-refractivity contribution in [2.75, 3.05) is 51.9 Å². The summed E-state index contributed by atoms with van der Waals surface area (Å²) in [7, 11) is 2.94. The van der Waals surface area contributed by atoms with E-state index in [1.54, 1.807) is 26.2 Å². The van der Waals surface area contributed by atoms with Crippen molar-refractivity contribution >= 4 is 57.8 Å². The number of halogens is 1. The van der Waals surface area contributed by atoms with Gasteiger partial charge in [-0.15, -0.1) is 0 Å². The number of hydrogen-bond acceptors (Lipinski definition) is 9. The molecule has 4 rings (SSSR count). The number of Topliss-reactive ketones (excluding diaryl/α,β-unsaturated/α-hetero) is 1. The number of rotatable bonds is 10. The second-order valence-electron chi connectivity index (χ2n) is 11.4. The summed E-state index contributed by atoms with van der Waals surface area (Å²) >= 11 is 6.76. The average molecular weight is 620 g/mol. The summed E-state index contributed by atoms with van der Waals surface area (Å²) in [6, 6.07) is 3.15. The average Bonchev–Trinajstić information content (AvgIpc) is 3.32. The highest BCUT2D eigenvalue weighted by molar-refractivity contribution is 6.34. The molecule has 234 valence electrons. The first-order chi connectivity index (χ1) is 20.4. The van der Waals surface area contributed by atoms with E-state index in [2.05, 4.69) is 31.8 Å². The number of ether oxygens (including phenoxy) is 2. The third kappa shape index (κ3) is 6.94. The summed E-state index contributed by atoms with van der Waals surface area (Å²) in [4.78, 5) is 58.9. The van der Waals surface area contributed by atoms with Gasteiger partial charge in [0.1, 0.15) is 5.70 Å². The van der Waals surface area contributed by atoms with E-state index < -0.39 is 34.9 Å². The number of ketones is 1. The minimum absolute atomic E-state index is 0.0548. The molecule has 1 amide bonds. The minimum Gasteiger partial charge on any atom is -0.478 e. The van der Waals surface area contributed by atoms with E-state index in [1.165, 1.54) is 7.11 Å². The van der Waals surface area contributed by atoms with E-state index in [0.717, 1.165) is 24.2 Å². The molecule has 14 heteroatoms. The van der Waals surface area contributed by atoms with Crippen LogP contribution in [0.2, 0.25) is 5.02 Å². The van der Waals surface area contributed by atoms with E-state index >= 15 is 0 Å². The fourth-order valence-electron chi connectivity index (χ4n) is 5.98. The standard InChI is InChI=1S/C29H38ClN5O8/c1-17-16-33(11-12-42-3)9-10-34(17)21-14-22-20(13-19(21)30)32-26(35(22)23(27(39)40)15-24(36)37)25(38)29(2)7-5-18(6-8-29)31-28(41)43-4/h13-15,17-18H,5-12,16H2,1-4H3,(H,31,41)(H,36,37)(H,39,40)/b23-15-/t17-,18?,29?/m1/s1. The topological polar surface area (TPSA) is 164 Å². The molecule has 1 aliphatic carbocycles. The highest BCUT2D eigenvalue weighted by Gasteiger charge is 2.41. The lowest BCUT2D eigenvalue weighted by Crippen LogP contribution is -2.52. The lowest BCUT2D eigenvalue weighted by Gasteiger charge is -2.41. The molecule has 2 aliphatic rings. The predicted octanol–water partition coefficient (Wildman–Crippen LogP) is 3.34. The van der Waals surface area contributed by atoms with Crippen LogP contribution in [0.4, 0.5) is 10.5 Å². The molecular weight excluding hydrogens is 582 g/mol. The first-order valence-electron chi connectivity index (χ1n) is 14.2. The molecule has 2 heterocycles. The van der Waals surface area contributed by atoms with Crippen LogP contribution in [0.5, 0.6) is 0 Å². The van der Waals surface area contributed by atoms with Crippen molar-refractivity contribution in [3.05, 3.63) is 29.1 Å². The first-order valence-corrected chi connectivity index (χ1v) is 14.5. The highest BCUT2D eigenvalue weighted by atomic mass is 35.5. The Morgan fingerprint density at radius 1 is 1.16 bits per heavy atom. The molecule has 1 aromatic carbocycles. The lowest BCUT2D eigenvalue weighted by molar-refractivity contribution is -0.133. The van der Waals surface area contributed by atoms with Crippen molar-refractivity contribution in [3.63, 3.8) is 0 Å². The maximum atomic E-state index is 14.1. The van der Waals surface area contributed by atoms with Gasteiger partial charge in [0.05, 0.1) is 41.5 Å². The molecule has 3 N–H and O–H groups in total. The van der Waals surface area contributed by atoms with Gasteiger partial charge < -0.3 is 29.9 Å². The Morgan fingerprint density at radius 2 is 1.86 bits per heavy atom. The van der Waals surface area contributed by atoms with Crippen molar-refractivity contribution in [2.45, 2.75) is 51.6 Å². The Labute approximate surface area is 254 Å². The van der Waals surface area contributed by atoms with E-state index in [4.69, 9.17) is 16.3 Å². The number of anilines is 1. The number of piperazine rings is 1. The van der Waals surface area contributed by atoms with Gasteiger partial charge in [0.15, 0.2) is 5.82 Å². The molecule has 0 spiro atoms. The third-order valence-corrected chi connectivity index (χ3v) is 8.73. The van der Waals surface area contributed by atoms with Crippen molar-refractivity contribution < 1.29 is 38.9 Å². The zero-order chi connectivity index (χ0) is 31.5. The van der Waals surface area contributed by atoms with Gasteiger partial charge in [-0.25, -0.2) is 19.4 Å². The molecule has 1 aliphatic heterocycles. The quantitative estimate of drug-likeness (QED) is 0.264. The summed E-state index contributed by atoms with van der Waals surface area (Å²) in [5, 5.41) is 22.8. The largest absolute Gasteiger partial charge is 0.478 e. The first kappa shape index (κ1) is 32.2. The molecule has 1 atom stereocenters. The number of carboxylic acid groups (broad SMARTS) is 2. The Morgan fingerprint density at radius 3 is 2.44 bits per heavy atom. The van der Waals surface area contributed by atoms with Gasteiger partial charge in [-0.05, 0) is 44.7 Å². The number of hydrogen-bond donors (Lipinski definition) is 3. The summed E-state index contributed by atoms with van der Waals surface area (Å²) in [5.41, 5.74) is -0.385. The van der Waals surface area contributed by atoms with Crippen molar-refractivity contribution in [3.8, 4) is 0 Å². The van der Waals surface area contributed by atoms with Gasteiger partial charge in [-0.3, -0.25) is 14.3 Å². The van der Waals surface area contributed by atoms with Crippen LogP contribution >= 0.6 is 11.6 Å². The Hall–Kier alpha value is -3.68. The summed E-state index contributed by atoms with van der Waals surface area (Å²) < 4.78 is 11.0. The molecule has 2 aromatic rings. The van der Waals surface area contributed by atoms with Crippen LogP contribution in [-0.4, -0.2) is 108 Å². The zero-order valence-electron chi connectivity index (χ0n) is 24.8. The number of nitrogens with one attached hydrogen (secondary N) is 1. The van der Waals surface area contributed by atoms with Crippen LogP contribution in [0.3, 0.4) is 0 Å². The van der Waals surface area contributed by atoms with Gasteiger partial charge >= 0.3 is 18.0 Å². The smallest absolute Gasteiger partial charge is 0.407 e. The predicted molar refractivity (Wildman–Crippen MR) is 160 cm³/mol. The van der Waals surface area contributed by atoms with Gasteiger partial charge in [0.2, 0.25) is 5.78 Å². The van der Waals surface area contributed by atoms with Gasteiger partial charge in [-0.1, -0.05) is 18.5 Å². The number of carbonyl (C=O) groups excluding carboxylic acids is 2. The number of methoxy groups -OCH3 is 2. The number of nitrogens with zero attached hydrogens (tertiary/aromatic N) is 4. The Balaban J connectivity index is 1.77. The number of alkyl carbamates (subject to hydrolysis) is 1. The number of benzene rings is 1. The van der Waals surface area contributed by atoms with Crippen molar-refractivity contribution in [1.82, 2.24) is 19.8 Å². The fourth-order valence-corrected chi connectivity index (χ4v) is 6.25. The van der Waals surface area contributed by atoms with E-state index in [0.29, 0.717) is 55.6 Å². The van der Waals surface area contributed by atoms with Gasteiger partial charge in [0.25, 0.3) is 0 Å². The molecule has 2 fully saturated rings. The number of aromatic nitrogens is 2. The van der Waals surface area contributed by atoms with E-state index in [9.17, 15) is 29.4 Å². The molecule has 1 saturated heterocycles. The fraction of sp³-hybridized carbons (Fsp3) is 0.552. The lowest BCUT2D eigenvalue weighted by atomic mass is 9.71. The van der Waals surface area contributed by atoms with Crippen LogP contribution in [-0.2, 0) is 19.1 Å². The van der Waals surface area contributed by atoms with Crippen molar-refractivity contribution in [2.24, 2.45) is 5.41 Å². The number of carbonyl (C=O) groups is 4. The minimum atomic E-state index is -1.52. The molecule has 0 unspecified atom stereocenters. The van der Waals surface area contributed by atoms with Crippen LogP contribution in [0.25, 0.3) is 16.7 Å². The van der Waals surface area contributed by atoms with E-state index in [1.807, 2.05) is 0 Å². The summed E-state index contributed by atoms with van der Waals surface area (Å²) in [6.45, 7) is 7.40. The number of amides is 1. The number of aliphatic carboxylic acids is 2. The molecule has 13 nitrogen and oxygen atoms in total. The van der Waals surface area contributed by atoms with E-state index in [-0.39, 0.29) is 28.9 Å². The summed E-state index contributed by atoms with van der Waals surface area (Å²) in [5.74, 6) is -3.61. The SMILES string of the molecule is COCCN1CCN(c2cc3c(cc2Cl)nc(C(=O)C2(C)CCC(NC(=O)OC)CC2)n3/C(=C\C(=O)O)C(=O)O)[C@H](C)C1. The number of fused-ring (bicyclic) bond motifs is 1. The van der Waals surface area contributed by atoms with Crippen molar-refractivity contribution in [1.29, 1.82) is 0 Å². The van der Waals surface area contributed by atoms with Crippen LogP contribution in [0.15, 0.2) is 18.2 Å². The highest BCUT2D eigenvalue weighted by Crippen LogP contribution is 2.41. The Kier molecular flexibility index (Phi) is 9.98. The van der Waals surface area contributed by atoms with Crippen LogP contribution in [0, 0.1) is 5.41 Å². The number of carboxylic acids is 2. The third-order valence-electron chi connectivity index (χ3n) is 8.42. The maximum Gasteiger partial charge on any atom is 0.407 e. The normalized spacial score (nSPS) is 23.3. The zero-order valence-corrected chi connectivity index (χ0v) is 25.5. The van der Waals surface area contributed by atoms with Crippen LogP contribution < -0.4 is 10.2 Å². The molecular formula is C29H38ClN5O8. The second-order valence-corrected chi connectivity index (χ2v) is 11.8. The van der Waals surface area contributed by atoms with Crippen LogP contribution in [0.1, 0.15) is 50.1 Å². The molecule has 0 radical (unpaired) electrons. The maximum absolute atomic E-state index is 14.1. The molecule has 43 heavy (non-hydrogen) atoms. The Bertz CT molecular complexity index is 1430. The monoisotopic (exact) mass is 619 g/mol. The van der Waals surface area contributed by atoms with Gasteiger partial charge in [0, 0.05) is 50.8 Å². The number of imidazole rings is 1. The van der Waals surface area contributed by atoms with Gasteiger partial charge in [-0.2, -0.15) is 0 Å². The molecule has 1 aromatic heterocycles. The molecule has 1 saturated carbocycles. The second kappa shape index (κ2) is 13.3.